The summed E-state index contributed by atoms with van der Waals surface area (Å²) in [5.41, 5.74) is 8.84. The fraction of sp³-hybridized carbons (Fsp3) is 0.469. The summed E-state index contributed by atoms with van der Waals surface area (Å²) >= 11 is 0. The number of aromatic nitrogens is 3. The molecule has 6 N–H and O–H groups in total. The van der Waals surface area contributed by atoms with Crippen molar-refractivity contribution < 1.29 is 19.1 Å². The monoisotopic (exact) mass is 604 g/mol. The number of rotatable bonds is 19. The first-order chi connectivity index (χ1) is 21.6. The van der Waals surface area contributed by atoms with E-state index in [0.29, 0.717) is 75.5 Å². The second kappa shape index (κ2) is 18.5. The standard InChI is InChI=1S/C32H44N8O4/c33-15-18-43-20-21-44-19-17-34-29(42)22-25-10-12-28(13-11-25)37-32-39-30(35-16-14-24-6-8-26(23-41)9-7-24)38-31(40-32)36-27-4-2-1-3-5-27/h6-13,23,27H,1-5,14-22,33H2,(H,34,42)(H3,35,36,37,38,39,40). The fourth-order valence-electron chi connectivity index (χ4n) is 4.84. The molecule has 1 fully saturated rings. The molecule has 1 aromatic heterocycles. The number of nitrogens with zero attached hydrogens (tertiary/aromatic N) is 3. The lowest BCUT2D eigenvalue weighted by molar-refractivity contribution is -0.120. The molecule has 12 heteroatoms. The maximum absolute atomic E-state index is 12.3. The minimum absolute atomic E-state index is 0.0695. The zero-order valence-electron chi connectivity index (χ0n) is 25.2. The zero-order chi connectivity index (χ0) is 30.8. The Morgan fingerprint density at radius 1 is 0.818 bits per heavy atom. The van der Waals surface area contributed by atoms with Crippen molar-refractivity contribution in [2.24, 2.45) is 5.73 Å². The van der Waals surface area contributed by atoms with Crippen LogP contribution in [0.1, 0.15) is 53.6 Å². The van der Waals surface area contributed by atoms with Crippen molar-refractivity contribution in [1.29, 1.82) is 0 Å². The number of anilines is 4. The molecule has 1 amide bonds. The highest BCUT2D eigenvalue weighted by Gasteiger charge is 2.16. The van der Waals surface area contributed by atoms with Crippen LogP contribution in [0.25, 0.3) is 0 Å². The highest BCUT2D eigenvalue weighted by molar-refractivity contribution is 5.78. The normalized spacial score (nSPS) is 13.3. The fourth-order valence-corrected chi connectivity index (χ4v) is 4.84. The molecule has 0 bridgehead atoms. The van der Waals surface area contributed by atoms with Gasteiger partial charge in [0, 0.05) is 36.9 Å². The summed E-state index contributed by atoms with van der Waals surface area (Å²) < 4.78 is 10.7. The number of hydrogen-bond acceptors (Lipinski definition) is 11. The Labute approximate surface area is 258 Å². The van der Waals surface area contributed by atoms with Crippen LogP contribution in [0.2, 0.25) is 0 Å². The van der Waals surface area contributed by atoms with Crippen molar-refractivity contribution in [1.82, 2.24) is 20.3 Å². The third-order valence-corrected chi connectivity index (χ3v) is 7.16. The molecule has 12 nitrogen and oxygen atoms in total. The van der Waals surface area contributed by atoms with Gasteiger partial charge in [0.25, 0.3) is 0 Å². The third-order valence-electron chi connectivity index (χ3n) is 7.16. The van der Waals surface area contributed by atoms with Crippen LogP contribution in [0.4, 0.5) is 23.5 Å². The van der Waals surface area contributed by atoms with Gasteiger partial charge in [0.1, 0.15) is 6.29 Å². The Bertz CT molecular complexity index is 1280. The molecule has 0 radical (unpaired) electrons. The third kappa shape index (κ3) is 11.9. The van der Waals surface area contributed by atoms with Crippen molar-refractivity contribution in [3.63, 3.8) is 0 Å². The second-order valence-electron chi connectivity index (χ2n) is 10.7. The van der Waals surface area contributed by atoms with E-state index >= 15 is 0 Å². The summed E-state index contributed by atoms with van der Waals surface area (Å²) in [5.74, 6) is 1.37. The summed E-state index contributed by atoms with van der Waals surface area (Å²) in [5, 5.41) is 13.0. The number of carbonyl (C=O) groups excluding carboxylic acids is 2. The van der Waals surface area contributed by atoms with Crippen molar-refractivity contribution in [3.05, 3.63) is 65.2 Å². The molecular weight excluding hydrogens is 560 g/mol. The van der Waals surface area contributed by atoms with Gasteiger partial charge in [-0.05, 0) is 42.5 Å². The average Bonchev–Trinajstić information content (AvgIpc) is 3.04. The van der Waals surface area contributed by atoms with E-state index in [-0.39, 0.29) is 12.3 Å². The summed E-state index contributed by atoms with van der Waals surface area (Å²) in [4.78, 5) is 37.1. The highest BCUT2D eigenvalue weighted by atomic mass is 16.5. The summed E-state index contributed by atoms with van der Waals surface area (Å²) in [6.07, 6.45) is 7.73. The summed E-state index contributed by atoms with van der Waals surface area (Å²) in [6, 6.07) is 15.5. The molecule has 1 heterocycles. The maximum atomic E-state index is 12.3. The molecule has 0 atom stereocenters. The molecule has 2 aromatic carbocycles. The first-order valence-electron chi connectivity index (χ1n) is 15.4. The molecule has 0 saturated heterocycles. The van der Waals surface area contributed by atoms with Crippen LogP contribution in [0, 0.1) is 0 Å². The van der Waals surface area contributed by atoms with E-state index < -0.39 is 0 Å². The second-order valence-corrected chi connectivity index (χ2v) is 10.7. The Morgan fingerprint density at radius 2 is 1.50 bits per heavy atom. The number of aldehydes is 1. The number of ether oxygens (including phenoxy) is 2. The number of benzene rings is 2. The van der Waals surface area contributed by atoms with E-state index in [0.717, 1.165) is 42.4 Å². The number of hydrogen-bond donors (Lipinski definition) is 5. The van der Waals surface area contributed by atoms with Crippen LogP contribution in [-0.4, -0.2) is 79.2 Å². The number of nitrogens with two attached hydrogens (primary N) is 1. The molecule has 4 rings (SSSR count). The van der Waals surface area contributed by atoms with Gasteiger partial charge in [-0.15, -0.1) is 0 Å². The maximum Gasteiger partial charge on any atom is 0.233 e. The molecule has 0 aliphatic heterocycles. The van der Waals surface area contributed by atoms with E-state index in [1.807, 2.05) is 48.5 Å². The van der Waals surface area contributed by atoms with Crippen molar-refractivity contribution in [2.75, 3.05) is 62.0 Å². The van der Waals surface area contributed by atoms with Crippen LogP contribution in [0.3, 0.4) is 0 Å². The van der Waals surface area contributed by atoms with E-state index in [1.54, 1.807) is 0 Å². The average molecular weight is 605 g/mol. The largest absolute Gasteiger partial charge is 0.378 e. The molecule has 44 heavy (non-hydrogen) atoms. The molecule has 1 saturated carbocycles. The van der Waals surface area contributed by atoms with Crippen molar-refractivity contribution in [2.45, 2.75) is 51.0 Å². The van der Waals surface area contributed by atoms with Crippen LogP contribution >= 0.6 is 0 Å². The van der Waals surface area contributed by atoms with Gasteiger partial charge < -0.3 is 36.5 Å². The quantitative estimate of drug-likeness (QED) is 0.100. The van der Waals surface area contributed by atoms with Crippen LogP contribution in [0.15, 0.2) is 48.5 Å². The minimum Gasteiger partial charge on any atom is -0.378 e. The van der Waals surface area contributed by atoms with Gasteiger partial charge >= 0.3 is 0 Å². The van der Waals surface area contributed by atoms with Gasteiger partial charge in [-0.3, -0.25) is 9.59 Å². The Morgan fingerprint density at radius 3 is 2.23 bits per heavy atom. The predicted octanol–water partition coefficient (Wildman–Crippen LogP) is 3.48. The van der Waals surface area contributed by atoms with Gasteiger partial charge in [0.15, 0.2) is 0 Å². The molecule has 0 unspecified atom stereocenters. The Kier molecular flexibility index (Phi) is 13.8. The number of nitrogens with one attached hydrogen (secondary N) is 4. The lowest BCUT2D eigenvalue weighted by Crippen LogP contribution is -2.29. The Balaban J connectivity index is 1.29. The SMILES string of the molecule is NCCOCCOCCNC(=O)Cc1ccc(Nc2nc(NCCc3ccc(C=O)cc3)nc(NC3CCCCC3)n2)cc1. The molecule has 1 aliphatic carbocycles. The molecule has 1 aliphatic rings. The topological polar surface area (TPSA) is 165 Å². The molecular formula is C32H44N8O4. The molecule has 3 aromatic rings. The van der Waals surface area contributed by atoms with Crippen LogP contribution < -0.4 is 27.0 Å². The van der Waals surface area contributed by atoms with Gasteiger partial charge in [-0.2, -0.15) is 15.0 Å². The summed E-state index contributed by atoms with van der Waals surface area (Å²) in [6.45, 7) is 3.46. The molecule has 0 spiro atoms. The number of carbonyl (C=O) groups is 2. The lowest BCUT2D eigenvalue weighted by Gasteiger charge is -2.23. The summed E-state index contributed by atoms with van der Waals surface area (Å²) in [7, 11) is 0. The first-order valence-corrected chi connectivity index (χ1v) is 15.4. The van der Waals surface area contributed by atoms with Gasteiger partial charge in [0.05, 0.1) is 32.8 Å². The van der Waals surface area contributed by atoms with Crippen molar-refractivity contribution >= 4 is 35.7 Å². The highest BCUT2D eigenvalue weighted by Crippen LogP contribution is 2.22. The van der Waals surface area contributed by atoms with Gasteiger partial charge in [0.2, 0.25) is 23.8 Å². The van der Waals surface area contributed by atoms with Gasteiger partial charge in [-0.25, -0.2) is 0 Å². The predicted molar refractivity (Wildman–Crippen MR) is 171 cm³/mol. The molecule has 236 valence electrons. The van der Waals surface area contributed by atoms with E-state index in [9.17, 15) is 9.59 Å². The van der Waals surface area contributed by atoms with Crippen LogP contribution in [0.5, 0.6) is 0 Å². The Hall–Kier alpha value is -4.13. The van der Waals surface area contributed by atoms with Crippen molar-refractivity contribution in [3.8, 4) is 0 Å². The zero-order valence-corrected chi connectivity index (χ0v) is 25.2. The number of amides is 1. The minimum atomic E-state index is -0.0695. The van der Waals surface area contributed by atoms with E-state index in [2.05, 4.69) is 36.2 Å². The first kappa shape index (κ1) is 32.8. The smallest absolute Gasteiger partial charge is 0.233 e. The van der Waals surface area contributed by atoms with Gasteiger partial charge in [-0.1, -0.05) is 55.7 Å². The van der Waals surface area contributed by atoms with E-state index in [4.69, 9.17) is 15.2 Å². The van der Waals surface area contributed by atoms with E-state index in [1.165, 1.54) is 19.3 Å². The van der Waals surface area contributed by atoms with Crippen LogP contribution in [-0.2, 0) is 27.1 Å². The lowest BCUT2D eigenvalue weighted by atomic mass is 9.96.